The summed E-state index contributed by atoms with van der Waals surface area (Å²) >= 11 is 0. The molecule has 1 aliphatic heterocycles. The number of rotatable bonds is 18. The van der Waals surface area contributed by atoms with Crippen molar-refractivity contribution in [3.05, 3.63) is 108 Å². The molecule has 13 N–H and O–H groups in total. The number of hydrogen-bond acceptors (Lipinski definition) is 12. The number of benzene rings is 4. The Bertz CT molecular complexity index is 2660. The minimum absolute atomic E-state index is 0.00367. The summed E-state index contributed by atoms with van der Waals surface area (Å²) in [7, 11) is -4.47. The second-order valence-corrected chi connectivity index (χ2v) is 17.1. The van der Waals surface area contributed by atoms with Gasteiger partial charge in [-0.3, -0.25) is 48.5 Å². The minimum Gasteiger partial charge on any atom is -0.481 e. The maximum atomic E-state index is 14.2. The summed E-state index contributed by atoms with van der Waals surface area (Å²) in [6.45, 7) is -0.425. The van der Waals surface area contributed by atoms with Crippen molar-refractivity contribution in [1.82, 2.24) is 31.9 Å². The predicted molar refractivity (Wildman–Crippen MR) is 251 cm³/mol. The fraction of sp³-hybridized carbons (Fsp3) is 0.311. The van der Waals surface area contributed by atoms with Crippen LogP contribution in [0.1, 0.15) is 60.0 Å². The number of hydrazone groups is 1. The quantitative estimate of drug-likeness (QED) is 0.0210. The van der Waals surface area contributed by atoms with Crippen LogP contribution in [0.3, 0.4) is 0 Å². The average Bonchev–Trinajstić information content (AvgIpc) is 3.30. The lowest BCUT2D eigenvalue weighted by molar-refractivity contribution is -0.141. The van der Waals surface area contributed by atoms with E-state index in [1.54, 1.807) is 24.3 Å². The maximum Gasteiger partial charge on any atom is 0.305 e. The number of aliphatic imine (C=N–C) groups is 1. The highest BCUT2D eigenvalue weighted by molar-refractivity contribution is 7.86. The van der Waals surface area contributed by atoms with Crippen LogP contribution in [0.25, 0.3) is 10.8 Å². The molecule has 1 fully saturated rings. The molecule has 22 nitrogen and oxygen atoms in total. The van der Waals surface area contributed by atoms with Crippen LogP contribution in [0, 0.1) is 0 Å². The van der Waals surface area contributed by atoms with Crippen LogP contribution in [-0.2, 0) is 45.3 Å². The van der Waals surface area contributed by atoms with E-state index in [1.807, 2.05) is 36.4 Å². The Morgan fingerprint density at radius 1 is 0.735 bits per heavy atom. The van der Waals surface area contributed by atoms with Crippen LogP contribution in [0.2, 0.25) is 0 Å². The van der Waals surface area contributed by atoms with Gasteiger partial charge in [-0.25, -0.2) is 0 Å². The minimum atomic E-state index is -4.47. The molecule has 1 saturated heterocycles. The number of amides is 6. The molecule has 23 heteroatoms. The number of fused-ring (bicyclic) bond motifs is 1. The zero-order valence-corrected chi connectivity index (χ0v) is 37.5. The first-order valence-corrected chi connectivity index (χ1v) is 22.9. The number of carboxylic acid groups (broad SMARTS) is 1. The molecule has 0 aliphatic carbocycles. The summed E-state index contributed by atoms with van der Waals surface area (Å²) in [5, 5.41) is 30.8. The van der Waals surface area contributed by atoms with Gasteiger partial charge in [0.1, 0.15) is 29.1 Å². The Kier molecular flexibility index (Phi) is 18.4. The molecule has 0 saturated carbocycles. The first-order valence-electron chi connectivity index (χ1n) is 21.4. The third kappa shape index (κ3) is 15.9. The predicted octanol–water partition coefficient (Wildman–Crippen LogP) is 0.273. The summed E-state index contributed by atoms with van der Waals surface area (Å²) in [6, 6.07) is 19.3. The van der Waals surface area contributed by atoms with Crippen molar-refractivity contribution in [3.8, 4) is 0 Å². The number of guanidine groups is 1. The van der Waals surface area contributed by atoms with Gasteiger partial charge in [0.25, 0.3) is 16.0 Å². The number of aliphatic carboxylic acids is 1. The summed E-state index contributed by atoms with van der Waals surface area (Å²) in [5.41, 5.74) is 15.2. The molecule has 4 atom stereocenters. The van der Waals surface area contributed by atoms with Gasteiger partial charge >= 0.3 is 5.97 Å². The van der Waals surface area contributed by atoms with E-state index in [9.17, 15) is 51.6 Å². The number of carboxylic acids is 1. The summed E-state index contributed by atoms with van der Waals surface area (Å²) in [5.74, 6) is -6.28. The lowest BCUT2D eigenvalue weighted by Gasteiger charge is -2.26. The molecular weight excluding hydrogens is 903 g/mol. The number of anilines is 1. The van der Waals surface area contributed by atoms with Crippen LogP contribution in [-0.4, -0.2) is 115 Å². The van der Waals surface area contributed by atoms with E-state index >= 15 is 0 Å². The van der Waals surface area contributed by atoms with Gasteiger partial charge in [-0.2, -0.15) is 13.5 Å². The van der Waals surface area contributed by atoms with Crippen LogP contribution in [0.5, 0.6) is 0 Å². The first kappa shape index (κ1) is 51.1. The standard InChI is InChI=1S/C45H53N11O11S/c46-45(47)49-21-7-12-33-41(61)50-26-38(57)52-36(24-39(58)59)44(64)55-35(23-27-14-15-28-8-1-2-9-30(28)22-27)43(63)54-34(42(62)53-33)11-5-6-20-48-40(60)29-16-18-32(19-17-29)56-51-25-31-10-3-4-13-37(31)68(65,66)67/h1-4,8-10,13-19,22,25,33-36,56H,5-7,11-12,20-21,23-24,26H2,(H,48,60)(H,50,61)(H,52,57)(H,53,62)(H,54,63)(H,55,64)(H,58,59)(H4,46,47,49)(H,65,66,67)/b51-25+/t33-,34-,35+,36-/m0/s1. The van der Waals surface area contributed by atoms with Crippen LogP contribution >= 0.6 is 0 Å². The number of carbonyl (C=O) groups is 7. The van der Waals surface area contributed by atoms with Crippen molar-refractivity contribution in [1.29, 1.82) is 0 Å². The fourth-order valence-electron chi connectivity index (χ4n) is 7.06. The Labute approximate surface area is 390 Å². The maximum absolute atomic E-state index is 14.2. The lowest BCUT2D eigenvalue weighted by Crippen LogP contribution is -2.58. The lowest BCUT2D eigenvalue weighted by atomic mass is 10.00. The fourth-order valence-corrected chi connectivity index (χ4v) is 7.73. The van der Waals surface area contributed by atoms with Gasteiger partial charge in [-0.15, -0.1) is 0 Å². The highest BCUT2D eigenvalue weighted by Gasteiger charge is 2.33. The van der Waals surface area contributed by atoms with E-state index in [0.29, 0.717) is 23.2 Å². The highest BCUT2D eigenvalue weighted by Crippen LogP contribution is 2.18. The molecule has 360 valence electrons. The van der Waals surface area contributed by atoms with E-state index in [0.717, 1.165) is 10.8 Å². The Morgan fingerprint density at radius 2 is 1.37 bits per heavy atom. The van der Waals surface area contributed by atoms with Gasteiger partial charge in [0.05, 0.1) is 24.9 Å². The number of hydrogen-bond donors (Lipinski definition) is 11. The Balaban J connectivity index is 1.30. The summed E-state index contributed by atoms with van der Waals surface area (Å²) in [6.07, 6.45) is 1.10. The molecule has 1 aliphatic rings. The average molecular weight is 956 g/mol. The molecule has 68 heavy (non-hydrogen) atoms. The number of nitrogens with two attached hydrogens (primary N) is 2. The van der Waals surface area contributed by atoms with E-state index in [2.05, 4.69) is 47.4 Å². The van der Waals surface area contributed by atoms with Gasteiger partial charge in [-0.1, -0.05) is 60.7 Å². The van der Waals surface area contributed by atoms with Crippen molar-refractivity contribution in [3.63, 3.8) is 0 Å². The summed E-state index contributed by atoms with van der Waals surface area (Å²) < 4.78 is 32.8. The van der Waals surface area contributed by atoms with Crippen molar-refractivity contribution in [2.24, 2.45) is 21.6 Å². The monoisotopic (exact) mass is 955 g/mol. The van der Waals surface area contributed by atoms with Crippen molar-refractivity contribution < 1.29 is 51.6 Å². The number of carbonyl (C=O) groups excluding carboxylic acids is 6. The third-order valence-corrected chi connectivity index (χ3v) is 11.4. The topological polar surface area (TPSA) is 355 Å². The molecule has 1 heterocycles. The largest absolute Gasteiger partial charge is 0.481 e. The van der Waals surface area contributed by atoms with Crippen LogP contribution < -0.4 is 48.8 Å². The molecule has 5 rings (SSSR count). The molecule has 0 aromatic heterocycles. The van der Waals surface area contributed by atoms with Gasteiger partial charge in [0, 0.05) is 30.6 Å². The van der Waals surface area contributed by atoms with E-state index in [4.69, 9.17) is 11.5 Å². The second-order valence-electron chi connectivity index (χ2n) is 15.7. The zero-order chi connectivity index (χ0) is 49.2. The Hall–Kier alpha value is -7.92. The Morgan fingerprint density at radius 3 is 2.07 bits per heavy atom. The molecule has 0 unspecified atom stereocenters. The van der Waals surface area contributed by atoms with Crippen molar-refractivity contribution in [2.45, 2.75) is 74.0 Å². The first-order chi connectivity index (χ1) is 32.5. The normalized spacial score (nSPS) is 18.5. The van der Waals surface area contributed by atoms with E-state index in [1.165, 1.54) is 36.5 Å². The third-order valence-electron chi connectivity index (χ3n) is 10.5. The molecule has 6 amide bonds. The molecule has 4 aromatic rings. The van der Waals surface area contributed by atoms with Crippen LogP contribution in [0.15, 0.2) is 106 Å². The van der Waals surface area contributed by atoms with Crippen LogP contribution in [0.4, 0.5) is 5.69 Å². The van der Waals surface area contributed by atoms with Gasteiger partial charge in [0.2, 0.25) is 29.5 Å². The molecule has 0 spiro atoms. The van der Waals surface area contributed by atoms with E-state index < -0.39 is 88.7 Å². The smallest absolute Gasteiger partial charge is 0.305 e. The highest BCUT2D eigenvalue weighted by atomic mass is 32.2. The van der Waals surface area contributed by atoms with Gasteiger partial charge in [0.15, 0.2) is 5.96 Å². The van der Waals surface area contributed by atoms with Crippen molar-refractivity contribution >= 4 is 80.2 Å². The second kappa shape index (κ2) is 24.6. The molecule has 4 aromatic carbocycles. The molecule has 0 radical (unpaired) electrons. The van der Waals surface area contributed by atoms with Gasteiger partial charge in [-0.05, 0) is 78.8 Å². The number of nitrogens with one attached hydrogen (secondary N) is 7. The van der Waals surface area contributed by atoms with Crippen molar-refractivity contribution in [2.75, 3.05) is 25.1 Å². The SMILES string of the molecule is NC(N)=NCCC[C@@H]1NC(=O)[C@H](CCCCNC(=O)c2ccc(N/N=C/c3ccccc3S(=O)(=O)O)cc2)NC(=O)[C@@H](Cc2ccc3ccccc3c2)NC(=O)[C@H](CC(=O)O)NC(=O)CNC1=O. The number of nitrogens with zero attached hydrogens (tertiary/aromatic N) is 2. The molecular formula is C45H53N11O11S. The van der Waals surface area contributed by atoms with E-state index in [-0.39, 0.29) is 61.6 Å². The zero-order valence-electron chi connectivity index (χ0n) is 36.6. The number of unbranched alkanes of at least 4 members (excludes halogenated alkanes) is 1. The molecule has 0 bridgehead atoms. The summed E-state index contributed by atoms with van der Waals surface area (Å²) in [4.78, 5) is 96.8. The van der Waals surface area contributed by atoms with Gasteiger partial charge < -0.3 is 48.5 Å².